The molecule has 53 heavy (non-hydrogen) atoms. The summed E-state index contributed by atoms with van der Waals surface area (Å²) in [6.45, 7) is 1.50. The van der Waals surface area contributed by atoms with E-state index in [1.807, 2.05) is 158 Å². The highest BCUT2D eigenvalue weighted by atomic mass is 16.5. The first-order chi connectivity index (χ1) is 26.1. The van der Waals surface area contributed by atoms with Crippen molar-refractivity contribution in [3.05, 3.63) is 203 Å². The van der Waals surface area contributed by atoms with Crippen LogP contribution in [0.1, 0.15) is 39.8 Å². The first-order valence-electron chi connectivity index (χ1n) is 17.4. The van der Waals surface area contributed by atoms with Crippen LogP contribution < -0.4 is 18.9 Å². The molecule has 0 radical (unpaired) electrons. The second kappa shape index (κ2) is 19.1. The minimum atomic E-state index is -0.313. The van der Waals surface area contributed by atoms with E-state index in [0.717, 1.165) is 33.4 Å². The van der Waals surface area contributed by atoms with E-state index in [4.69, 9.17) is 18.9 Å². The number of carbonyl (C=O) groups is 2. The van der Waals surface area contributed by atoms with Gasteiger partial charge in [0.05, 0.1) is 6.42 Å². The molecule has 0 aliphatic rings. The molecule has 0 bridgehead atoms. The SMILES string of the molecule is O=C(/C=C/c1ccc(OCc2ccccc2)c(OCc2ccccc2)c1)CC(=O)/C=C/c1ccc(OCc2ccccc2)c(OCc2ccccc2)c1. The van der Waals surface area contributed by atoms with Crippen molar-refractivity contribution < 1.29 is 28.5 Å². The maximum absolute atomic E-state index is 12.8. The van der Waals surface area contributed by atoms with Gasteiger partial charge in [0.25, 0.3) is 0 Å². The zero-order chi connectivity index (χ0) is 36.5. The summed E-state index contributed by atoms with van der Waals surface area (Å²) in [5.74, 6) is 1.68. The number of hydrogen-bond donors (Lipinski definition) is 0. The lowest BCUT2D eigenvalue weighted by Crippen LogP contribution is -2.02. The summed E-state index contributed by atoms with van der Waals surface area (Å²) in [6.07, 6.45) is 5.93. The molecule has 6 rings (SSSR count). The highest BCUT2D eigenvalue weighted by Crippen LogP contribution is 2.32. The number of allylic oxidation sites excluding steroid dienone is 2. The van der Waals surface area contributed by atoms with E-state index in [1.165, 1.54) is 12.2 Å². The van der Waals surface area contributed by atoms with E-state index in [0.29, 0.717) is 49.4 Å². The average Bonchev–Trinajstić information content (AvgIpc) is 3.21. The third kappa shape index (κ3) is 11.7. The molecule has 0 aliphatic heterocycles. The summed E-state index contributed by atoms with van der Waals surface area (Å²) in [7, 11) is 0. The number of rotatable bonds is 18. The third-order valence-electron chi connectivity index (χ3n) is 8.16. The number of ketones is 2. The Balaban J connectivity index is 1.08. The van der Waals surface area contributed by atoms with Crippen molar-refractivity contribution in [1.29, 1.82) is 0 Å². The van der Waals surface area contributed by atoms with Crippen LogP contribution in [0.25, 0.3) is 12.2 Å². The number of benzene rings is 6. The number of hydrogen-bond acceptors (Lipinski definition) is 6. The molecule has 0 spiro atoms. The highest BCUT2D eigenvalue weighted by molar-refractivity contribution is 6.10. The van der Waals surface area contributed by atoms with Crippen molar-refractivity contribution in [3.8, 4) is 23.0 Å². The zero-order valence-corrected chi connectivity index (χ0v) is 29.3. The van der Waals surface area contributed by atoms with Gasteiger partial charge in [0.1, 0.15) is 26.4 Å². The normalized spacial score (nSPS) is 11.0. The standard InChI is InChI=1S/C47H40O6/c48-42(25-21-36-23-27-44(50-32-38-13-5-1-6-14-38)46(29-36)52-34-40-17-9-3-10-18-40)31-43(49)26-22-37-24-28-45(51-33-39-15-7-2-8-16-39)47(30-37)53-35-41-19-11-4-12-20-41/h1-30H,31-35H2/b25-21+,26-22+. The van der Waals surface area contributed by atoms with Crippen molar-refractivity contribution in [1.82, 2.24) is 0 Å². The van der Waals surface area contributed by atoms with Gasteiger partial charge in [-0.3, -0.25) is 9.59 Å². The van der Waals surface area contributed by atoms with Crippen LogP contribution in [0.4, 0.5) is 0 Å². The van der Waals surface area contributed by atoms with Gasteiger partial charge in [0.15, 0.2) is 34.6 Å². The molecule has 0 heterocycles. The summed E-state index contributed by atoms with van der Waals surface area (Å²) < 4.78 is 24.5. The summed E-state index contributed by atoms with van der Waals surface area (Å²) in [5.41, 5.74) is 5.61. The van der Waals surface area contributed by atoms with Gasteiger partial charge in [-0.25, -0.2) is 0 Å². The summed E-state index contributed by atoms with van der Waals surface area (Å²) >= 11 is 0. The lowest BCUT2D eigenvalue weighted by molar-refractivity contribution is -0.121. The Labute approximate surface area is 310 Å². The average molecular weight is 701 g/mol. The minimum absolute atomic E-state index is 0.266. The Morgan fingerprint density at radius 2 is 0.679 bits per heavy atom. The molecule has 6 nitrogen and oxygen atoms in total. The fourth-order valence-corrected chi connectivity index (χ4v) is 5.33. The molecule has 6 aromatic carbocycles. The maximum atomic E-state index is 12.8. The second-order valence-electron chi connectivity index (χ2n) is 12.3. The molecular weight excluding hydrogens is 661 g/mol. The lowest BCUT2D eigenvalue weighted by Gasteiger charge is -2.14. The fraction of sp³-hybridized carbons (Fsp3) is 0.106. The molecule has 0 N–H and O–H groups in total. The monoisotopic (exact) mass is 700 g/mol. The highest BCUT2D eigenvalue weighted by Gasteiger charge is 2.11. The Kier molecular flexibility index (Phi) is 13.0. The van der Waals surface area contributed by atoms with E-state index in [2.05, 4.69) is 0 Å². The quantitative estimate of drug-likeness (QED) is 0.0657. The molecule has 0 saturated carbocycles. The molecule has 0 amide bonds. The molecule has 6 heteroatoms. The molecule has 6 aromatic rings. The Morgan fingerprint density at radius 1 is 0.377 bits per heavy atom. The number of carbonyl (C=O) groups excluding carboxylic acids is 2. The molecule has 0 fully saturated rings. The molecular formula is C47H40O6. The molecule has 0 unspecified atom stereocenters. The molecule has 264 valence electrons. The topological polar surface area (TPSA) is 71.1 Å². The van der Waals surface area contributed by atoms with E-state index < -0.39 is 0 Å². The summed E-state index contributed by atoms with van der Waals surface area (Å²) in [6, 6.07) is 50.6. The van der Waals surface area contributed by atoms with Gasteiger partial charge in [-0.1, -0.05) is 146 Å². The minimum Gasteiger partial charge on any atom is -0.485 e. The van der Waals surface area contributed by atoms with Crippen LogP contribution >= 0.6 is 0 Å². The Morgan fingerprint density at radius 3 is 1.00 bits per heavy atom. The smallest absolute Gasteiger partial charge is 0.163 e. The van der Waals surface area contributed by atoms with Crippen molar-refractivity contribution >= 4 is 23.7 Å². The predicted octanol–water partition coefficient (Wildman–Crippen LogP) is 10.3. The van der Waals surface area contributed by atoms with E-state index >= 15 is 0 Å². The van der Waals surface area contributed by atoms with Crippen molar-refractivity contribution in [2.24, 2.45) is 0 Å². The Bertz CT molecular complexity index is 1970. The largest absolute Gasteiger partial charge is 0.485 e. The summed E-state index contributed by atoms with van der Waals surface area (Å²) in [4.78, 5) is 25.7. The molecule has 0 aromatic heterocycles. The van der Waals surface area contributed by atoms with E-state index in [-0.39, 0.29) is 18.0 Å². The van der Waals surface area contributed by atoms with Gasteiger partial charge in [0.2, 0.25) is 0 Å². The van der Waals surface area contributed by atoms with Crippen LogP contribution in [0.3, 0.4) is 0 Å². The van der Waals surface area contributed by atoms with E-state index in [9.17, 15) is 9.59 Å². The summed E-state index contributed by atoms with van der Waals surface area (Å²) in [5, 5.41) is 0. The second-order valence-corrected chi connectivity index (χ2v) is 12.3. The van der Waals surface area contributed by atoms with Crippen LogP contribution in [0.5, 0.6) is 23.0 Å². The van der Waals surface area contributed by atoms with Gasteiger partial charge in [-0.15, -0.1) is 0 Å². The molecule has 0 saturated heterocycles. The van der Waals surface area contributed by atoms with Gasteiger partial charge in [-0.2, -0.15) is 0 Å². The molecule has 0 atom stereocenters. The fourth-order valence-electron chi connectivity index (χ4n) is 5.33. The van der Waals surface area contributed by atoms with Gasteiger partial charge in [0, 0.05) is 0 Å². The van der Waals surface area contributed by atoms with Crippen molar-refractivity contribution in [2.45, 2.75) is 32.8 Å². The van der Waals surface area contributed by atoms with Crippen molar-refractivity contribution in [3.63, 3.8) is 0 Å². The van der Waals surface area contributed by atoms with Crippen LogP contribution in [0.2, 0.25) is 0 Å². The first kappa shape index (κ1) is 36.1. The first-order valence-corrected chi connectivity index (χ1v) is 17.4. The zero-order valence-electron chi connectivity index (χ0n) is 29.3. The van der Waals surface area contributed by atoms with E-state index in [1.54, 1.807) is 12.2 Å². The van der Waals surface area contributed by atoms with Gasteiger partial charge in [-0.05, 0) is 69.8 Å². The lowest BCUT2D eigenvalue weighted by atomic mass is 10.1. The van der Waals surface area contributed by atoms with Crippen LogP contribution in [-0.4, -0.2) is 11.6 Å². The Hall–Kier alpha value is -6.66. The van der Waals surface area contributed by atoms with Crippen LogP contribution in [0, 0.1) is 0 Å². The predicted molar refractivity (Wildman–Crippen MR) is 209 cm³/mol. The van der Waals surface area contributed by atoms with Crippen LogP contribution in [0.15, 0.2) is 170 Å². The number of ether oxygens (including phenoxy) is 4. The molecule has 0 aliphatic carbocycles. The van der Waals surface area contributed by atoms with Gasteiger partial charge < -0.3 is 18.9 Å². The van der Waals surface area contributed by atoms with Crippen molar-refractivity contribution in [2.75, 3.05) is 0 Å². The van der Waals surface area contributed by atoms with Crippen LogP contribution in [-0.2, 0) is 36.0 Å². The third-order valence-corrected chi connectivity index (χ3v) is 8.16. The maximum Gasteiger partial charge on any atom is 0.163 e. The van der Waals surface area contributed by atoms with Gasteiger partial charge >= 0.3 is 0 Å².